The summed E-state index contributed by atoms with van der Waals surface area (Å²) in [7, 11) is 0. The largest absolute Gasteiger partial charge is 0.375 e. The molecule has 0 bridgehead atoms. The molecule has 0 aliphatic carbocycles. The van der Waals surface area contributed by atoms with E-state index in [0.717, 1.165) is 22.0 Å². The van der Waals surface area contributed by atoms with Crippen molar-refractivity contribution in [2.45, 2.75) is 39.2 Å². The Morgan fingerprint density at radius 2 is 1.92 bits per heavy atom. The van der Waals surface area contributed by atoms with E-state index in [9.17, 15) is 14.7 Å². The van der Waals surface area contributed by atoms with Gasteiger partial charge in [0.2, 0.25) is 0 Å². The van der Waals surface area contributed by atoms with Gasteiger partial charge in [0.1, 0.15) is 0 Å². The molecule has 4 nitrogen and oxygen atoms in total. The van der Waals surface area contributed by atoms with Crippen molar-refractivity contribution in [3.8, 4) is 0 Å². The van der Waals surface area contributed by atoms with Crippen LogP contribution in [0, 0.1) is 13.8 Å². The fourth-order valence-electron chi connectivity index (χ4n) is 3.50. The predicted molar refractivity (Wildman–Crippen MR) is 106 cm³/mol. The monoisotopic (exact) mass is 415 g/mol. The van der Waals surface area contributed by atoms with Gasteiger partial charge in [0.15, 0.2) is 11.4 Å². The normalized spacial score (nSPS) is 19.0. The van der Waals surface area contributed by atoms with Crippen LogP contribution in [0.4, 0.5) is 5.69 Å². The number of amides is 1. The number of hydrogen-bond acceptors (Lipinski definition) is 3. The highest BCUT2D eigenvalue weighted by molar-refractivity contribution is 9.10. The Kier molecular flexibility index (Phi) is 5.04. The number of carbonyl (C=O) groups excluding carboxylic acids is 2. The molecular weight excluding hydrogens is 394 g/mol. The quantitative estimate of drug-likeness (QED) is 0.741. The first-order chi connectivity index (χ1) is 12.3. The van der Waals surface area contributed by atoms with Crippen LogP contribution in [-0.4, -0.2) is 23.3 Å². The van der Waals surface area contributed by atoms with Gasteiger partial charge in [-0.3, -0.25) is 9.59 Å². The molecule has 1 atom stereocenters. The number of fused-ring (bicyclic) bond motifs is 1. The van der Waals surface area contributed by atoms with Crippen molar-refractivity contribution in [1.29, 1.82) is 0 Å². The second-order valence-electron chi connectivity index (χ2n) is 6.90. The smallest absolute Gasteiger partial charge is 0.264 e. The molecule has 0 saturated carbocycles. The van der Waals surface area contributed by atoms with Gasteiger partial charge in [-0.15, -0.1) is 0 Å². The molecule has 0 aromatic heterocycles. The van der Waals surface area contributed by atoms with Crippen LogP contribution in [0.25, 0.3) is 0 Å². The van der Waals surface area contributed by atoms with Gasteiger partial charge in [-0.2, -0.15) is 0 Å². The molecule has 3 rings (SSSR count). The Bertz CT molecular complexity index is 893. The molecule has 0 spiro atoms. The van der Waals surface area contributed by atoms with Gasteiger partial charge >= 0.3 is 0 Å². The summed E-state index contributed by atoms with van der Waals surface area (Å²) in [5, 5.41) is 11.3. The summed E-state index contributed by atoms with van der Waals surface area (Å²) in [6.07, 6.45) is 0.502. The number of carbonyl (C=O) groups is 2. The molecule has 1 aliphatic rings. The van der Waals surface area contributed by atoms with Crippen LogP contribution in [0.2, 0.25) is 0 Å². The third-order valence-electron chi connectivity index (χ3n) is 4.85. The second kappa shape index (κ2) is 6.97. The first-order valence-corrected chi connectivity index (χ1v) is 9.52. The number of aryl methyl sites for hydroxylation is 2. The number of rotatable bonds is 5. The molecule has 26 heavy (non-hydrogen) atoms. The van der Waals surface area contributed by atoms with Crippen LogP contribution < -0.4 is 4.90 Å². The van der Waals surface area contributed by atoms with Crippen LogP contribution in [-0.2, 0) is 10.4 Å². The van der Waals surface area contributed by atoms with Crippen molar-refractivity contribution in [2.75, 3.05) is 11.4 Å². The molecule has 2 aromatic carbocycles. The van der Waals surface area contributed by atoms with E-state index in [1.165, 1.54) is 0 Å². The summed E-state index contributed by atoms with van der Waals surface area (Å²) >= 11 is 3.40. The number of aliphatic hydroxyl groups is 1. The molecule has 1 aliphatic heterocycles. The number of benzene rings is 2. The molecule has 5 heteroatoms. The molecule has 1 heterocycles. The molecule has 0 unspecified atom stereocenters. The second-order valence-corrected chi connectivity index (χ2v) is 7.81. The highest BCUT2D eigenvalue weighted by Crippen LogP contribution is 2.44. The Labute approximate surface area is 162 Å². The SMILES string of the molecule is CCCN1C(=O)[C@](O)(CC(=O)c2cc(C)ccc2C)c2cc(Br)ccc21. The lowest BCUT2D eigenvalue weighted by Gasteiger charge is -2.23. The highest BCUT2D eigenvalue weighted by atomic mass is 79.9. The van der Waals surface area contributed by atoms with Crippen molar-refractivity contribution in [1.82, 2.24) is 0 Å². The third kappa shape index (κ3) is 3.10. The fourth-order valence-corrected chi connectivity index (χ4v) is 3.86. The number of Topliss-reactive ketones (excluding diaryl/α,β-unsaturated/α-hetero) is 1. The molecule has 136 valence electrons. The number of hydrogen-bond donors (Lipinski definition) is 1. The topological polar surface area (TPSA) is 57.6 Å². The van der Waals surface area contributed by atoms with Gasteiger partial charge < -0.3 is 10.0 Å². The van der Waals surface area contributed by atoms with Gasteiger partial charge in [-0.25, -0.2) is 0 Å². The minimum absolute atomic E-state index is 0.230. The standard InChI is InChI=1S/C21H22BrNO3/c1-4-9-23-18-8-7-15(22)11-17(18)21(26,20(23)25)12-19(24)16-10-13(2)5-6-14(16)3/h5-8,10-11,26H,4,9,12H2,1-3H3/t21-/m0/s1. The molecule has 0 saturated heterocycles. The average molecular weight is 416 g/mol. The van der Waals surface area contributed by atoms with E-state index in [-0.39, 0.29) is 12.2 Å². The van der Waals surface area contributed by atoms with E-state index in [0.29, 0.717) is 23.4 Å². The third-order valence-corrected chi connectivity index (χ3v) is 5.34. The molecule has 1 amide bonds. The summed E-state index contributed by atoms with van der Waals surface area (Å²) < 4.78 is 0.764. The zero-order chi connectivity index (χ0) is 19.1. The number of halogens is 1. The van der Waals surface area contributed by atoms with Crippen LogP contribution >= 0.6 is 15.9 Å². The van der Waals surface area contributed by atoms with Crippen LogP contribution in [0.1, 0.15) is 46.8 Å². The van der Waals surface area contributed by atoms with Crippen LogP contribution in [0.15, 0.2) is 40.9 Å². The fraction of sp³-hybridized carbons (Fsp3) is 0.333. The molecule has 0 radical (unpaired) electrons. The summed E-state index contributed by atoms with van der Waals surface area (Å²) in [6, 6.07) is 11.0. The lowest BCUT2D eigenvalue weighted by atomic mass is 9.87. The van der Waals surface area contributed by atoms with Gasteiger partial charge in [0, 0.05) is 22.1 Å². The van der Waals surface area contributed by atoms with E-state index < -0.39 is 11.5 Å². The van der Waals surface area contributed by atoms with Crippen molar-refractivity contribution in [3.63, 3.8) is 0 Å². The van der Waals surface area contributed by atoms with Crippen molar-refractivity contribution in [2.24, 2.45) is 0 Å². The Morgan fingerprint density at radius 3 is 2.62 bits per heavy atom. The Balaban J connectivity index is 2.03. The van der Waals surface area contributed by atoms with Crippen LogP contribution in [0.5, 0.6) is 0 Å². The van der Waals surface area contributed by atoms with E-state index in [4.69, 9.17) is 0 Å². The van der Waals surface area contributed by atoms with Gasteiger partial charge in [0.25, 0.3) is 5.91 Å². The lowest BCUT2D eigenvalue weighted by Crippen LogP contribution is -2.42. The number of ketones is 1. The van der Waals surface area contributed by atoms with E-state index in [1.807, 2.05) is 51.1 Å². The minimum atomic E-state index is -1.83. The maximum absolute atomic E-state index is 13.0. The van der Waals surface area contributed by atoms with E-state index >= 15 is 0 Å². The summed E-state index contributed by atoms with van der Waals surface area (Å²) in [6.45, 7) is 6.26. The van der Waals surface area contributed by atoms with E-state index in [1.54, 1.807) is 11.0 Å². The first-order valence-electron chi connectivity index (χ1n) is 8.72. The summed E-state index contributed by atoms with van der Waals surface area (Å²) in [5.41, 5.74) is 1.70. The summed E-state index contributed by atoms with van der Waals surface area (Å²) in [5.74, 6) is -0.655. The van der Waals surface area contributed by atoms with Crippen LogP contribution in [0.3, 0.4) is 0 Å². The maximum atomic E-state index is 13.0. The van der Waals surface area contributed by atoms with Crippen molar-refractivity contribution < 1.29 is 14.7 Å². The van der Waals surface area contributed by atoms with Gasteiger partial charge in [-0.05, 0) is 50.1 Å². The number of nitrogens with zero attached hydrogens (tertiary/aromatic N) is 1. The predicted octanol–water partition coefficient (Wildman–Crippen LogP) is 4.28. The summed E-state index contributed by atoms with van der Waals surface area (Å²) in [4.78, 5) is 27.5. The highest BCUT2D eigenvalue weighted by Gasteiger charge is 2.50. The minimum Gasteiger partial charge on any atom is -0.375 e. The van der Waals surface area contributed by atoms with Gasteiger partial charge in [-0.1, -0.05) is 40.5 Å². The molecular formula is C21H22BrNO3. The Hall–Kier alpha value is -1.98. The number of anilines is 1. The molecule has 2 aromatic rings. The van der Waals surface area contributed by atoms with Crippen molar-refractivity contribution >= 4 is 33.3 Å². The maximum Gasteiger partial charge on any atom is 0.264 e. The zero-order valence-corrected chi connectivity index (χ0v) is 16.8. The van der Waals surface area contributed by atoms with Crippen molar-refractivity contribution in [3.05, 3.63) is 63.1 Å². The van der Waals surface area contributed by atoms with E-state index in [2.05, 4.69) is 15.9 Å². The first kappa shape index (κ1) is 18.8. The molecule has 1 N–H and O–H groups in total. The lowest BCUT2D eigenvalue weighted by molar-refractivity contribution is -0.135. The Morgan fingerprint density at radius 1 is 1.19 bits per heavy atom. The zero-order valence-electron chi connectivity index (χ0n) is 15.2. The molecule has 0 fully saturated rings. The average Bonchev–Trinajstić information content (AvgIpc) is 2.79. The van der Waals surface area contributed by atoms with Gasteiger partial charge in [0.05, 0.1) is 12.1 Å².